The Hall–Kier alpha value is -1.59. The van der Waals surface area contributed by atoms with Crippen molar-refractivity contribution in [3.05, 3.63) is 29.8 Å². The van der Waals surface area contributed by atoms with Crippen LogP contribution in [0.15, 0.2) is 24.3 Å². The lowest BCUT2D eigenvalue weighted by Crippen LogP contribution is -2.47. The van der Waals surface area contributed by atoms with E-state index in [0.717, 1.165) is 31.1 Å². The largest absolute Gasteiger partial charge is 0.508 e. The zero-order valence-electron chi connectivity index (χ0n) is 12.2. The molecule has 1 aliphatic heterocycles. The fraction of sp³-hybridized carbons (Fsp3) is 0.562. The molecule has 5 nitrogen and oxygen atoms in total. The van der Waals surface area contributed by atoms with Gasteiger partial charge in [0.1, 0.15) is 5.75 Å². The summed E-state index contributed by atoms with van der Waals surface area (Å²) in [5, 5.41) is 12.3. The predicted molar refractivity (Wildman–Crippen MR) is 80.9 cm³/mol. The van der Waals surface area contributed by atoms with Crippen molar-refractivity contribution in [3.63, 3.8) is 0 Å². The van der Waals surface area contributed by atoms with Crippen LogP contribution in [0.4, 0.5) is 0 Å². The first-order valence-electron chi connectivity index (χ1n) is 7.70. The molecule has 1 unspecified atom stereocenters. The smallest absolute Gasteiger partial charge is 0.237 e. The van der Waals surface area contributed by atoms with Gasteiger partial charge in [0.25, 0.3) is 0 Å². The average Bonchev–Trinajstić information content (AvgIpc) is 3.22. The maximum atomic E-state index is 12.2. The van der Waals surface area contributed by atoms with Gasteiger partial charge >= 0.3 is 0 Å². The van der Waals surface area contributed by atoms with E-state index >= 15 is 0 Å². The van der Waals surface area contributed by atoms with Gasteiger partial charge in [0.2, 0.25) is 5.91 Å². The van der Waals surface area contributed by atoms with Gasteiger partial charge in [-0.25, -0.2) is 0 Å². The lowest BCUT2D eigenvalue weighted by atomic mass is 10.1. The summed E-state index contributed by atoms with van der Waals surface area (Å²) in [4.78, 5) is 14.6. The fourth-order valence-electron chi connectivity index (χ4n) is 2.96. The average molecular weight is 289 g/mol. The number of likely N-dealkylation sites (tertiary alicyclic amines) is 1. The van der Waals surface area contributed by atoms with Gasteiger partial charge in [0.15, 0.2) is 0 Å². The molecule has 1 aromatic rings. The van der Waals surface area contributed by atoms with E-state index in [4.69, 9.17) is 5.73 Å². The molecule has 0 bridgehead atoms. The Morgan fingerprint density at radius 2 is 2.05 bits per heavy atom. The quantitative estimate of drug-likeness (QED) is 0.742. The SMILES string of the molecule is N[C@@H](Cc1ccc(O)cc1)C(=O)NC1CCN(C2CC2)C1. The Morgan fingerprint density at radius 3 is 2.71 bits per heavy atom. The second-order valence-electron chi connectivity index (χ2n) is 6.20. The van der Waals surface area contributed by atoms with E-state index in [0.29, 0.717) is 6.42 Å². The van der Waals surface area contributed by atoms with Crippen LogP contribution < -0.4 is 11.1 Å². The highest BCUT2D eigenvalue weighted by molar-refractivity contribution is 5.82. The Balaban J connectivity index is 1.47. The normalized spacial score (nSPS) is 24.0. The molecule has 21 heavy (non-hydrogen) atoms. The molecule has 1 saturated heterocycles. The summed E-state index contributed by atoms with van der Waals surface area (Å²) in [6.45, 7) is 2.05. The van der Waals surface area contributed by atoms with Crippen molar-refractivity contribution in [3.8, 4) is 5.75 Å². The highest BCUT2D eigenvalue weighted by Gasteiger charge is 2.35. The number of hydrogen-bond donors (Lipinski definition) is 3. The molecule has 114 valence electrons. The van der Waals surface area contributed by atoms with Gasteiger partial charge in [-0.1, -0.05) is 12.1 Å². The lowest BCUT2D eigenvalue weighted by Gasteiger charge is -2.18. The Morgan fingerprint density at radius 1 is 1.33 bits per heavy atom. The van der Waals surface area contributed by atoms with E-state index in [-0.39, 0.29) is 17.7 Å². The van der Waals surface area contributed by atoms with Crippen LogP contribution in [0.3, 0.4) is 0 Å². The third kappa shape index (κ3) is 3.74. The van der Waals surface area contributed by atoms with E-state index in [1.54, 1.807) is 24.3 Å². The number of aromatic hydroxyl groups is 1. The summed E-state index contributed by atoms with van der Waals surface area (Å²) in [5.74, 6) is 0.147. The van der Waals surface area contributed by atoms with Crippen LogP contribution in [0.1, 0.15) is 24.8 Å². The summed E-state index contributed by atoms with van der Waals surface area (Å²) >= 11 is 0. The second-order valence-corrected chi connectivity index (χ2v) is 6.20. The number of nitrogens with two attached hydrogens (primary N) is 1. The molecule has 1 amide bonds. The number of phenolic OH excluding ortho intramolecular Hbond substituents is 1. The number of phenols is 1. The first kappa shape index (κ1) is 14.4. The summed E-state index contributed by atoms with van der Waals surface area (Å²) in [6.07, 6.45) is 4.13. The number of hydrogen-bond acceptors (Lipinski definition) is 4. The zero-order chi connectivity index (χ0) is 14.8. The molecule has 0 radical (unpaired) electrons. The minimum absolute atomic E-state index is 0.0780. The first-order valence-corrected chi connectivity index (χ1v) is 7.70. The molecule has 2 atom stereocenters. The van der Waals surface area contributed by atoms with Crippen LogP contribution >= 0.6 is 0 Å². The van der Waals surface area contributed by atoms with Crippen LogP contribution in [0.2, 0.25) is 0 Å². The van der Waals surface area contributed by atoms with Crippen molar-refractivity contribution >= 4 is 5.91 Å². The maximum absolute atomic E-state index is 12.2. The van der Waals surface area contributed by atoms with Gasteiger partial charge in [-0.3, -0.25) is 9.69 Å². The Bertz CT molecular complexity index is 499. The van der Waals surface area contributed by atoms with Crippen LogP contribution in [0.5, 0.6) is 5.75 Å². The molecule has 3 rings (SSSR count). The summed E-state index contributed by atoms with van der Waals surface area (Å²) in [7, 11) is 0. The Kier molecular flexibility index (Phi) is 4.12. The number of carbonyl (C=O) groups is 1. The van der Waals surface area contributed by atoms with E-state index in [1.165, 1.54) is 12.8 Å². The second kappa shape index (κ2) is 6.03. The van der Waals surface area contributed by atoms with Crippen LogP contribution in [-0.4, -0.2) is 47.1 Å². The maximum Gasteiger partial charge on any atom is 0.237 e. The number of amides is 1. The zero-order valence-corrected chi connectivity index (χ0v) is 12.2. The van der Waals surface area contributed by atoms with Crippen LogP contribution in [-0.2, 0) is 11.2 Å². The number of nitrogens with one attached hydrogen (secondary N) is 1. The van der Waals surface area contributed by atoms with Crippen molar-refractivity contribution in [2.24, 2.45) is 5.73 Å². The minimum Gasteiger partial charge on any atom is -0.508 e. The first-order chi connectivity index (χ1) is 10.1. The molecule has 1 saturated carbocycles. The van der Waals surface area contributed by atoms with Gasteiger partial charge in [-0.05, 0) is 43.4 Å². The molecule has 0 spiro atoms. The van der Waals surface area contributed by atoms with Crippen molar-refractivity contribution in [2.45, 2.75) is 43.8 Å². The molecule has 5 heteroatoms. The molecule has 1 heterocycles. The standard InChI is InChI=1S/C16H23N3O2/c17-15(9-11-1-5-14(20)6-2-11)16(21)18-12-7-8-19(10-12)13-3-4-13/h1-2,5-6,12-13,15,20H,3-4,7-10,17H2,(H,18,21)/t12?,15-/m0/s1. The van der Waals surface area contributed by atoms with E-state index in [1.807, 2.05) is 0 Å². The van der Waals surface area contributed by atoms with E-state index in [9.17, 15) is 9.90 Å². The highest BCUT2D eigenvalue weighted by Crippen LogP contribution is 2.29. The third-order valence-electron chi connectivity index (χ3n) is 4.36. The monoisotopic (exact) mass is 289 g/mol. The minimum atomic E-state index is -0.537. The number of rotatable bonds is 5. The van der Waals surface area contributed by atoms with E-state index in [2.05, 4.69) is 10.2 Å². The van der Waals surface area contributed by atoms with Crippen molar-refractivity contribution in [2.75, 3.05) is 13.1 Å². The molecule has 1 aliphatic carbocycles. The number of carbonyl (C=O) groups excluding carboxylic acids is 1. The summed E-state index contributed by atoms with van der Waals surface area (Å²) in [6, 6.07) is 7.29. The molecule has 0 aromatic heterocycles. The van der Waals surface area contributed by atoms with Crippen molar-refractivity contribution in [1.29, 1.82) is 0 Å². The topological polar surface area (TPSA) is 78.6 Å². The number of nitrogens with zero attached hydrogens (tertiary/aromatic N) is 1. The lowest BCUT2D eigenvalue weighted by molar-refractivity contribution is -0.123. The number of benzene rings is 1. The van der Waals surface area contributed by atoms with Gasteiger partial charge in [0, 0.05) is 25.2 Å². The molecular formula is C16H23N3O2. The van der Waals surface area contributed by atoms with E-state index < -0.39 is 6.04 Å². The van der Waals surface area contributed by atoms with Gasteiger partial charge in [-0.2, -0.15) is 0 Å². The van der Waals surface area contributed by atoms with Crippen molar-refractivity contribution < 1.29 is 9.90 Å². The summed E-state index contributed by atoms with van der Waals surface area (Å²) in [5.41, 5.74) is 6.94. The highest BCUT2D eigenvalue weighted by atomic mass is 16.3. The molecule has 2 aliphatic rings. The van der Waals surface area contributed by atoms with Gasteiger partial charge < -0.3 is 16.2 Å². The fourth-order valence-corrected chi connectivity index (χ4v) is 2.96. The molecule has 2 fully saturated rings. The third-order valence-corrected chi connectivity index (χ3v) is 4.36. The molecular weight excluding hydrogens is 266 g/mol. The predicted octanol–water partition coefficient (Wildman–Crippen LogP) is 0.615. The van der Waals surface area contributed by atoms with Gasteiger partial charge in [-0.15, -0.1) is 0 Å². The van der Waals surface area contributed by atoms with Crippen LogP contribution in [0, 0.1) is 0 Å². The summed E-state index contributed by atoms with van der Waals surface area (Å²) < 4.78 is 0. The van der Waals surface area contributed by atoms with Crippen LogP contribution in [0.25, 0.3) is 0 Å². The van der Waals surface area contributed by atoms with Gasteiger partial charge in [0.05, 0.1) is 6.04 Å². The molecule has 4 N–H and O–H groups in total. The van der Waals surface area contributed by atoms with Crippen molar-refractivity contribution in [1.82, 2.24) is 10.2 Å². The Labute approximate surface area is 125 Å². The molecule has 1 aromatic carbocycles.